The van der Waals surface area contributed by atoms with Crippen molar-refractivity contribution in [3.05, 3.63) is 46.7 Å². The summed E-state index contributed by atoms with van der Waals surface area (Å²) in [6.45, 7) is 1.05. The van der Waals surface area contributed by atoms with Gasteiger partial charge < -0.3 is 5.11 Å². The van der Waals surface area contributed by atoms with E-state index in [-0.39, 0.29) is 23.7 Å². The predicted molar refractivity (Wildman–Crippen MR) is 72.2 cm³/mol. The van der Waals surface area contributed by atoms with Crippen molar-refractivity contribution >= 4 is 0 Å². The van der Waals surface area contributed by atoms with Gasteiger partial charge in [0.1, 0.15) is 11.9 Å². The number of benzene rings is 1. The summed E-state index contributed by atoms with van der Waals surface area (Å²) < 4.78 is 41.0. The molecule has 2 rings (SSSR count). The fourth-order valence-corrected chi connectivity index (χ4v) is 1.99. The fourth-order valence-electron chi connectivity index (χ4n) is 1.99. The van der Waals surface area contributed by atoms with Gasteiger partial charge in [0.15, 0.2) is 11.6 Å². The normalized spacial score (nSPS) is 10.5. The Hall–Kier alpha value is -2.46. The number of aromatic nitrogens is 2. The molecule has 0 saturated heterocycles. The summed E-state index contributed by atoms with van der Waals surface area (Å²) in [6, 6.07) is 3.84. The zero-order valence-electron chi connectivity index (χ0n) is 11.7. The molecule has 1 aromatic carbocycles. The number of halogens is 3. The SMILES string of the molecule is Cc1c(F)c(F)cc(-c2cc(CCCO)nc(C#N)n2)c1F. The molecule has 114 valence electrons. The van der Waals surface area contributed by atoms with E-state index in [2.05, 4.69) is 9.97 Å². The Balaban J connectivity index is 2.60. The Bertz CT molecular complexity index is 757. The molecule has 4 nitrogen and oxygen atoms in total. The summed E-state index contributed by atoms with van der Waals surface area (Å²) >= 11 is 0. The molecule has 0 unspecified atom stereocenters. The highest BCUT2D eigenvalue weighted by Gasteiger charge is 2.18. The van der Waals surface area contributed by atoms with E-state index in [1.54, 1.807) is 6.07 Å². The minimum absolute atomic E-state index is 0.000935. The second-order valence-electron chi connectivity index (χ2n) is 4.67. The highest BCUT2D eigenvalue weighted by molar-refractivity contribution is 5.62. The number of hydrogen-bond donors (Lipinski definition) is 1. The van der Waals surface area contributed by atoms with Crippen molar-refractivity contribution in [3.8, 4) is 17.3 Å². The van der Waals surface area contributed by atoms with Crippen LogP contribution in [0.2, 0.25) is 0 Å². The lowest BCUT2D eigenvalue weighted by Gasteiger charge is -2.09. The number of nitrogens with zero attached hydrogens (tertiary/aromatic N) is 3. The van der Waals surface area contributed by atoms with Crippen LogP contribution < -0.4 is 0 Å². The third-order valence-corrected chi connectivity index (χ3v) is 3.12. The van der Waals surface area contributed by atoms with Crippen LogP contribution in [0.5, 0.6) is 0 Å². The summed E-state index contributed by atoms with van der Waals surface area (Å²) in [5.41, 5.74) is -0.277. The molecular formula is C15H12F3N3O. The topological polar surface area (TPSA) is 69.8 Å². The minimum atomic E-state index is -1.25. The van der Waals surface area contributed by atoms with Gasteiger partial charge in [-0.2, -0.15) is 5.26 Å². The average Bonchev–Trinajstić information content (AvgIpc) is 2.53. The van der Waals surface area contributed by atoms with Crippen molar-refractivity contribution < 1.29 is 18.3 Å². The van der Waals surface area contributed by atoms with Gasteiger partial charge in [-0.25, -0.2) is 23.1 Å². The minimum Gasteiger partial charge on any atom is -0.396 e. The molecule has 22 heavy (non-hydrogen) atoms. The first kappa shape index (κ1) is 15.9. The molecule has 0 aliphatic rings. The van der Waals surface area contributed by atoms with Gasteiger partial charge in [0, 0.05) is 23.4 Å². The Morgan fingerprint density at radius 3 is 2.55 bits per heavy atom. The van der Waals surface area contributed by atoms with Crippen LogP contribution in [0.1, 0.15) is 23.5 Å². The molecule has 1 aromatic heterocycles. The molecule has 0 radical (unpaired) electrons. The Labute approximate surface area is 124 Å². The number of hydrogen-bond acceptors (Lipinski definition) is 4. The van der Waals surface area contributed by atoms with E-state index in [0.717, 1.165) is 6.92 Å². The zero-order chi connectivity index (χ0) is 16.3. The summed E-state index contributed by atoms with van der Waals surface area (Å²) in [5, 5.41) is 17.8. The van der Waals surface area contributed by atoms with Gasteiger partial charge in [0.25, 0.3) is 0 Å². The van der Waals surface area contributed by atoms with Crippen LogP contribution in [-0.2, 0) is 6.42 Å². The molecule has 0 aliphatic carbocycles. The maximum absolute atomic E-state index is 14.2. The smallest absolute Gasteiger partial charge is 0.232 e. The van der Waals surface area contributed by atoms with Crippen LogP contribution >= 0.6 is 0 Å². The lowest BCUT2D eigenvalue weighted by Crippen LogP contribution is -2.03. The summed E-state index contributed by atoms with van der Waals surface area (Å²) in [6.07, 6.45) is 0.756. The van der Waals surface area contributed by atoms with Crippen LogP contribution in [0.3, 0.4) is 0 Å². The molecule has 0 amide bonds. The van der Waals surface area contributed by atoms with E-state index in [9.17, 15) is 13.2 Å². The molecule has 0 bridgehead atoms. The lowest BCUT2D eigenvalue weighted by molar-refractivity contribution is 0.288. The third-order valence-electron chi connectivity index (χ3n) is 3.12. The third kappa shape index (κ3) is 3.07. The molecule has 7 heteroatoms. The summed E-state index contributed by atoms with van der Waals surface area (Å²) in [7, 11) is 0. The maximum atomic E-state index is 14.2. The highest BCUT2D eigenvalue weighted by Crippen LogP contribution is 2.27. The van der Waals surface area contributed by atoms with E-state index in [1.165, 1.54) is 6.07 Å². The highest BCUT2D eigenvalue weighted by atomic mass is 19.2. The number of aliphatic hydroxyl groups excluding tert-OH is 1. The average molecular weight is 307 g/mol. The van der Waals surface area contributed by atoms with Gasteiger partial charge in [0.2, 0.25) is 5.82 Å². The molecule has 0 aliphatic heterocycles. The van der Waals surface area contributed by atoms with Gasteiger partial charge in [-0.1, -0.05) is 0 Å². The van der Waals surface area contributed by atoms with Crippen LogP contribution in [0.4, 0.5) is 13.2 Å². The maximum Gasteiger partial charge on any atom is 0.232 e. The zero-order valence-corrected chi connectivity index (χ0v) is 11.7. The molecular weight excluding hydrogens is 295 g/mol. The first-order valence-corrected chi connectivity index (χ1v) is 6.51. The Morgan fingerprint density at radius 2 is 1.91 bits per heavy atom. The number of rotatable bonds is 4. The lowest BCUT2D eigenvalue weighted by atomic mass is 10.0. The monoisotopic (exact) mass is 307 g/mol. The van der Waals surface area contributed by atoms with E-state index < -0.39 is 23.0 Å². The molecule has 0 spiro atoms. The number of nitriles is 1. The van der Waals surface area contributed by atoms with Gasteiger partial charge >= 0.3 is 0 Å². The van der Waals surface area contributed by atoms with Crippen molar-refractivity contribution in [3.63, 3.8) is 0 Å². The van der Waals surface area contributed by atoms with E-state index in [1.807, 2.05) is 0 Å². The van der Waals surface area contributed by atoms with E-state index in [0.29, 0.717) is 24.6 Å². The first-order chi connectivity index (χ1) is 10.5. The van der Waals surface area contributed by atoms with Gasteiger partial charge in [-0.3, -0.25) is 0 Å². The Kier molecular flexibility index (Phi) is 4.73. The second-order valence-corrected chi connectivity index (χ2v) is 4.67. The van der Waals surface area contributed by atoms with Gasteiger partial charge in [0.05, 0.1) is 5.69 Å². The van der Waals surface area contributed by atoms with Crippen LogP contribution in [0.25, 0.3) is 11.3 Å². The first-order valence-electron chi connectivity index (χ1n) is 6.51. The van der Waals surface area contributed by atoms with Crippen molar-refractivity contribution in [1.82, 2.24) is 9.97 Å². The second kappa shape index (κ2) is 6.54. The molecule has 0 atom stereocenters. The number of aliphatic hydroxyl groups is 1. The van der Waals surface area contributed by atoms with Crippen LogP contribution in [0, 0.1) is 35.7 Å². The predicted octanol–water partition coefficient (Wildman–Crippen LogP) is 2.67. The molecule has 0 fully saturated rings. The quantitative estimate of drug-likeness (QED) is 0.882. The molecule has 0 saturated carbocycles. The fraction of sp³-hybridized carbons (Fsp3) is 0.267. The number of aryl methyl sites for hydroxylation is 1. The summed E-state index contributed by atoms with van der Waals surface area (Å²) in [4.78, 5) is 7.77. The van der Waals surface area contributed by atoms with Crippen LogP contribution in [-0.4, -0.2) is 21.7 Å². The van der Waals surface area contributed by atoms with Gasteiger partial charge in [-0.05, 0) is 31.9 Å². The van der Waals surface area contributed by atoms with E-state index in [4.69, 9.17) is 10.4 Å². The molecule has 2 aromatic rings. The van der Waals surface area contributed by atoms with Gasteiger partial charge in [-0.15, -0.1) is 0 Å². The largest absolute Gasteiger partial charge is 0.396 e. The van der Waals surface area contributed by atoms with Crippen molar-refractivity contribution in [2.24, 2.45) is 0 Å². The van der Waals surface area contributed by atoms with Crippen molar-refractivity contribution in [2.45, 2.75) is 19.8 Å². The molecule has 1 heterocycles. The molecule has 1 N–H and O–H groups in total. The Morgan fingerprint density at radius 1 is 1.18 bits per heavy atom. The van der Waals surface area contributed by atoms with Crippen LogP contribution in [0.15, 0.2) is 12.1 Å². The summed E-state index contributed by atoms with van der Waals surface area (Å²) in [5.74, 6) is -3.58. The van der Waals surface area contributed by atoms with Crippen molar-refractivity contribution in [1.29, 1.82) is 5.26 Å². The standard InChI is InChI=1S/C15H12F3N3O/c1-8-14(17)10(6-11(16)15(8)18)12-5-9(3-2-4-22)20-13(7-19)21-12/h5-6,22H,2-4H2,1H3. The van der Waals surface area contributed by atoms with Crippen molar-refractivity contribution in [2.75, 3.05) is 6.61 Å². The van der Waals surface area contributed by atoms with E-state index >= 15 is 0 Å².